The molecule has 0 N–H and O–H groups in total. The third kappa shape index (κ3) is 2.92. The number of aromatic nitrogens is 4. The Morgan fingerprint density at radius 3 is 2.68 bits per heavy atom. The van der Waals surface area contributed by atoms with Crippen molar-refractivity contribution in [1.82, 2.24) is 19.9 Å². The van der Waals surface area contributed by atoms with E-state index in [1.165, 1.54) is 0 Å². The second-order valence-corrected chi connectivity index (χ2v) is 5.98. The van der Waals surface area contributed by atoms with E-state index in [2.05, 4.69) is 22.2 Å². The van der Waals surface area contributed by atoms with Crippen LogP contribution >= 0.6 is 11.8 Å². The first kappa shape index (κ1) is 14.8. The average Bonchev–Trinajstić information content (AvgIpc) is 3.08. The number of nitrogens with zero attached hydrogens (tertiary/aromatic N) is 4. The molecule has 3 rings (SSSR count). The molecule has 0 fully saturated rings. The van der Waals surface area contributed by atoms with E-state index in [9.17, 15) is 0 Å². The second-order valence-electron chi connectivity index (χ2n) is 5.11. The summed E-state index contributed by atoms with van der Waals surface area (Å²) >= 11 is 1.68. The summed E-state index contributed by atoms with van der Waals surface area (Å²) in [5, 5.41) is 8.63. The van der Waals surface area contributed by atoms with Gasteiger partial charge in [0.1, 0.15) is 0 Å². The minimum absolute atomic E-state index is 0.617. The van der Waals surface area contributed by atoms with E-state index < -0.39 is 0 Å². The zero-order chi connectivity index (χ0) is 15.5. The third-order valence-electron chi connectivity index (χ3n) is 3.55. The maximum Gasteiger partial charge on any atom is 0.231 e. The average molecular weight is 314 g/mol. The Labute approximate surface area is 133 Å². The van der Waals surface area contributed by atoms with E-state index in [1.807, 2.05) is 48.2 Å². The molecule has 22 heavy (non-hydrogen) atoms. The highest BCUT2D eigenvalue weighted by Gasteiger charge is 2.16. The van der Waals surface area contributed by atoms with Gasteiger partial charge in [0, 0.05) is 11.3 Å². The van der Waals surface area contributed by atoms with Crippen LogP contribution in [0.1, 0.15) is 28.7 Å². The van der Waals surface area contributed by atoms with Crippen LogP contribution in [0.15, 0.2) is 34.9 Å². The van der Waals surface area contributed by atoms with Gasteiger partial charge in [0.2, 0.25) is 5.89 Å². The summed E-state index contributed by atoms with van der Waals surface area (Å²) in [6.45, 7) is 4.09. The number of thioether (sulfide) groups is 1. The molecule has 2 heterocycles. The molecule has 0 aliphatic carbocycles. The zero-order valence-corrected chi connectivity index (χ0v) is 13.7. The SMILES string of the molecule is CSCc1noc(Cc2c(C)nn(-c3ccccc3)c2C)n1. The maximum atomic E-state index is 5.33. The van der Waals surface area contributed by atoms with Crippen molar-refractivity contribution in [3.63, 3.8) is 0 Å². The molecule has 114 valence electrons. The summed E-state index contributed by atoms with van der Waals surface area (Å²) in [6, 6.07) is 10.1. The van der Waals surface area contributed by atoms with Gasteiger partial charge < -0.3 is 4.52 Å². The van der Waals surface area contributed by atoms with E-state index >= 15 is 0 Å². The molecule has 2 aromatic heterocycles. The number of hydrogen-bond donors (Lipinski definition) is 0. The Bertz CT molecular complexity index is 764. The van der Waals surface area contributed by atoms with Gasteiger partial charge in [0.15, 0.2) is 5.82 Å². The summed E-state index contributed by atoms with van der Waals surface area (Å²) in [4.78, 5) is 4.42. The van der Waals surface area contributed by atoms with Crippen molar-refractivity contribution in [1.29, 1.82) is 0 Å². The van der Waals surface area contributed by atoms with E-state index in [-0.39, 0.29) is 0 Å². The van der Waals surface area contributed by atoms with Crippen LogP contribution in [-0.4, -0.2) is 26.2 Å². The number of para-hydroxylation sites is 1. The molecule has 0 aliphatic rings. The smallest absolute Gasteiger partial charge is 0.231 e. The van der Waals surface area contributed by atoms with Gasteiger partial charge in [-0.25, -0.2) is 4.68 Å². The lowest BCUT2D eigenvalue weighted by molar-refractivity contribution is 0.380. The van der Waals surface area contributed by atoms with Gasteiger partial charge in [-0.1, -0.05) is 23.4 Å². The van der Waals surface area contributed by atoms with E-state index in [0.717, 1.165) is 34.2 Å². The highest BCUT2D eigenvalue weighted by molar-refractivity contribution is 7.97. The Morgan fingerprint density at radius 1 is 1.18 bits per heavy atom. The van der Waals surface area contributed by atoms with E-state index in [1.54, 1.807) is 11.8 Å². The fraction of sp³-hybridized carbons (Fsp3) is 0.312. The van der Waals surface area contributed by atoms with Gasteiger partial charge in [-0.05, 0) is 32.2 Å². The Hall–Kier alpha value is -2.08. The van der Waals surface area contributed by atoms with Crippen LogP contribution in [0.2, 0.25) is 0 Å². The Kier molecular flexibility index (Phi) is 4.29. The maximum absolute atomic E-state index is 5.33. The van der Waals surface area contributed by atoms with Gasteiger partial charge in [0.05, 0.1) is 23.6 Å². The van der Waals surface area contributed by atoms with Crippen LogP contribution in [0.5, 0.6) is 0 Å². The first-order chi connectivity index (χ1) is 10.7. The van der Waals surface area contributed by atoms with Crippen LogP contribution in [0.3, 0.4) is 0 Å². The summed E-state index contributed by atoms with van der Waals surface area (Å²) in [6.07, 6.45) is 2.64. The minimum Gasteiger partial charge on any atom is -0.339 e. The molecule has 0 saturated carbocycles. The highest BCUT2D eigenvalue weighted by atomic mass is 32.2. The second kappa shape index (κ2) is 6.36. The van der Waals surface area contributed by atoms with Gasteiger partial charge >= 0.3 is 0 Å². The summed E-state index contributed by atoms with van der Waals surface area (Å²) < 4.78 is 7.30. The van der Waals surface area contributed by atoms with Crippen LogP contribution in [-0.2, 0) is 12.2 Å². The predicted molar refractivity (Wildman–Crippen MR) is 87.4 cm³/mol. The topological polar surface area (TPSA) is 56.7 Å². The first-order valence-corrected chi connectivity index (χ1v) is 8.49. The summed E-state index contributed by atoms with van der Waals surface area (Å²) in [5.41, 5.74) is 4.30. The van der Waals surface area contributed by atoms with Gasteiger partial charge in [-0.3, -0.25) is 0 Å². The van der Waals surface area contributed by atoms with Crippen LogP contribution in [0.25, 0.3) is 5.69 Å². The molecule has 0 aliphatic heterocycles. The molecule has 3 aromatic rings. The summed E-state index contributed by atoms with van der Waals surface area (Å²) in [5.74, 6) is 2.15. The molecule has 1 aromatic carbocycles. The standard InChI is InChI=1S/C16H18N4OS/c1-11-14(9-16-17-15(10-22-3)19-21-16)12(2)20(18-11)13-7-5-4-6-8-13/h4-8H,9-10H2,1-3H3. The predicted octanol–water partition coefficient (Wildman–Crippen LogP) is 3.33. The normalized spacial score (nSPS) is 11.0. The minimum atomic E-state index is 0.617. The monoisotopic (exact) mass is 314 g/mol. The van der Waals surface area contributed by atoms with Crippen molar-refractivity contribution >= 4 is 11.8 Å². The molecule has 0 spiro atoms. The summed E-state index contributed by atoms with van der Waals surface area (Å²) in [7, 11) is 0. The molecule has 0 atom stereocenters. The molecule has 6 heteroatoms. The first-order valence-electron chi connectivity index (χ1n) is 7.10. The van der Waals surface area contributed by atoms with Gasteiger partial charge in [0.25, 0.3) is 0 Å². The van der Waals surface area contributed by atoms with Crippen molar-refractivity contribution in [3.8, 4) is 5.69 Å². The molecular weight excluding hydrogens is 296 g/mol. The Balaban J connectivity index is 1.89. The largest absolute Gasteiger partial charge is 0.339 e. The highest BCUT2D eigenvalue weighted by Crippen LogP contribution is 2.20. The zero-order valence-electron chi connectivity index (χ0n) is 12.9. The molecule has 0 bridgehead atoms. The van der Waals surface area contributed by atoms with Crippen LogP contribution < -0.4 is 0 Å². The number of rotatable bonds is 5. The number of hydrogen-bond acceptors (Lipinski definition) is 5. The lowest BCUT2D eigenvalue weighted by atomic mass is 10.1. The number of benzene rings is 1. The number of aryl methyl sites for hydroxylation is 1. The van der Waals surface area contributed by atoms with Crippen molar-refractivity contribution in [2.24, 2.45) is 0 Å². The molecule has 5 nitrogen and oxygen atoms in total. The fourth-order valence-electron chi connectivity index (χ4n) is 2.45. The van der Waals surface area contributed by atoms with E-state index in [0.29, 0.717) is 12.3 Å². The van der Waals surface area contributed by atoms with Crippen molar-refractivity contribution < 1.29 is 4.52 Å². The molecule has 0 amide bonds. The quantitative estimate of drug-likeness (QED) is 0.723. The van der Waals surface area contributed by atoms with Gasteiger partial charge in [-0.2, -0.15) is 21.8 Å². The fourth-order valence-corrected chi connectivity index (χ4v) is 2.83. The van der Waals surface area contributed by atoms with Crippen LogP contribution in [0.4, 0.5) is 0 Å². The lowest BCUT2D eigenvalue weighted by Crippen LogP contribution is -1.99. The van der Waals surface area contributed by atoms with Crippen LogP contribution in [0, 0.1) is 13.8 Å². The molecular formula is C16H18N4OS. The van der Waals surface area contributed by atoms with Crippen molar-refractivity contribution in [2.75, 3.05) is 6.26 Å². The Morgan fingerprint density at radius 2 is 1.95 bits per heavy atom. The van der Waals surface area contributed by atoms with Crippen molar-refractivity contribution in [3.05, 3.63) is 59.0 Å². The lowest BCUT2D eigenvalue weighted by Gasteiger charge is -2.04. The third-order valence-corrected chi connectivity index (χ3v) is 4.10. The van der Waals surface area contributed by atoms with E-state index in [4.69, 9.17) is 4.52 Å². The van der Waals surface area contributed by atoms with Crippen molar-refractivity contribution in [2.45, 2.75) is 26.0 Å². The molecule has 0 saturated heterocycles. The molecule has 0 unspecified atom stereocenters. The van der Waals surface area contributed by atoms with Gasteiger partial charge in [-0.15, -0.1) is 0 Å². The molecule has 0 radical (unpaired) electrons.